The average molecular weight is 275 g/mol. The van der Waals surface area contributed by atoms with Crippen molar-refractivity contribution in [1.82, 2.24) is 4.31 Å². The highest BCUT2D eigenvalue weighted by Gasteiger charge is 2.27. The minimum Gasteiger partial charge on any atom is -0.396 e. The van der Waals surface area contributed by atoms with Crippen molar-refractivity contribution >= 4 is 10.0 Å². The second kappa shape index (κ2) is 6.17. The third-order valence-corrected chi connectivity index (χ3v) is 5.26. The summed E-state index contributed by atoms with van der Waals surface area (Å²) in [4.78, 5) is 0. The maximum absolute atomic E-state index is 12.0. The highest BCUT2D eigenvalue weighted by Crippen LogP contribution is 2.30. The molecule has 0 saturated carbocycles. The molecule has 1 aliphatic heterocycles. The van der Waals surface area contributed by atoms with Gasteiger partial charge in [-0.25, -0.2) is 8.42 Å². The van der Waals surface area contributed by atoms with Gasteiger partial charge in [0.1, 0.15) is 0 Å². The first kappa shape index (κ1) is 15.7. The number of hydrogen-bond acceptors (Lipinski definition) is 3. The van der Waals surface area contributed by atoms with Gasteiger partial charge in [0.15, 0.2) is 0 Å². The van der Waals surface area contributed by atoms with Crippen LogP contribution in [0.4, 0.5) is 0 Å². The van der Waals surface area contributed by atoms with Crippen LogP contribution in [-0.2, 0) is 10.0 Å². The van der Waals surface area contributed by atoms with E-state index in [1.807, 2.05) is 6.08 Å². The summed E-state index contributed by atoms with van der Waals surface area (Å²) in [6, 6.07) is 0. The van der Waals surface area contributed by atoms with Crippen LogP contribution < -0.4 is 0 Å². The monoisotopic (exact) mass is 275 g/mol. The molecule has 0 aromatic rings. The van der Waals surface area contributed by atoms with Crippen LogP contribution >= 0.6 is 0 Å². The van der Waals surface area contributed by atoms with E-state index in [9.17, 15) is 8.42 Å². The summed E-state index contributed by atoms with van der Waals surface area (Å²) in [6.45, 7) is 7.61. The lowest BCUT2D eigenvalue weighted by atomic mass is 9.83. The zero-order chi connectivity index (χ0) is 13.8. The van der Waals surface area contributed by atoms with E-state index in [1.165, 1.54) is 5.57 Å². The van der Waals surface area contributed by atoms with E-state index >= 15 is 0 Å². The first-order valence-electron chi connectivity index (χ1n) is 6.55. The molecule has 0 amide bonds. The number of unbranched alkanes of at least 4 members (excludes halogenated alkanes) is 1. The highest BCUT2D eigenvalue weighted by atomic mass is 32.2. The van der Waals surface area contributed by atoms with Gasteiger partial charge in [-0.15, -0.1) is 0 Å². The molecular weight excluding hydrogens is 250 g/mol. The maximum Gasteiger partial charge on any atom is 0.214 e. The molecule has 0 aliphatic carbocycles. The van der Waals surface area contributed by atoms with E-state index < -0.39 is 10.0 Å². The molecule has 0 atom stereocenters. The molecule has 0 radical (unpaired) electrons. The van der Waals surface area contributed by atoms with Crippen LogP contribution in [0.25, 0.3) is 0 Å². The van der Waals surface area contributed by atoms with Crippen LogP contribution in [-0.4, -0.2) is 43.3 Å². The van der Waals surface area contributed by atoms with Crippen LogP contribution in [0.5, 0.6) is 0 Å². The smallest absolute Gasteiger partial charge is 0.214 e. The van der Waals surface area contributed by atoms with Crippen molar-refractivity contribution in [3.63, 3.8) is 0 Å². The fraction of sp³-hybridized carbons (Fsp3) is 0.846. The topological polar surface area (TPSA) is 57.6 Å². The molecule has 0 bridgehead atoms. The molecule has 0 fully saturated rings. The maximum atomic E-state index is 12.0. The molecule has 4 nitrogen and oxygen atoms in total. The zero-order valence-corrected chi connectivity index (χ0v) is 12.5. The predicted octanol–water partition coefficient (Wildman–Crippen LogP) is 1.77. The molecule has 1 rings (SSSR count). The molecule has 1 aliphatic rings. The molecule has 0 aromatic carbocycles. The van der Waals surface area contributed by atoms with E-state index in [4.69, 9.17) is 5.11 Å². The van der Waals surface area contributed by atoms with Crippen molar-refractivity contribution < 1.29 is 13.5 Å². The Morgan fingerprint density at radius 1 is 1.33 bits per heavy atom. The molecular formula is C13H25NO3S. The Balaban J connectivity index is 2.59. The Hall–Kier alpha value is -0.390. The van der Waals surface area contributed by atoms with Gasteiger partial charge >= 0.3 is 0 Å². The summed E-state index contributed by atoms with van der Waals surface area (Å²) in [6.07, 6.45) is 3.96. The molecule has 0 aromatic heterocycles. The lowest BCUT2D eigenvalue weighted by Crippen LogP contribution is -2.37. The Morgan fingerprint density at radius 3 is 2.44 bits per heavy atom. The summed E-state index contributed by atoms with van der Waals surface area (Å²) in [5.74, 6) is 0.145. The number of sulfonamides is 1. The number of aliphatic hydroxyl groups excluding tert-OH is 1. The SMILES string of the molecule is CC(C)(C)C1=CCN(S(=O)(=O)CCCCO)CC1. The molecule has 0 unspecified atom stereocenters. The van der Waals surface area contributed by atoms with Gasteiger partial charge in [-0.3, -0.25) is 0 Å². The fourth-order valence-corrected chi connectivity index (χ4v) is 3.61. The van der Waals surface area contributed by atoms with E-state index in [0.29, 0.717) is 25.9 Å². The van der Waals surface area contributed by atoms with Crippen molar-refractivity contribution in [1.29, 1.82) is 0 Å². The Kier molecular flexibility index (Phi) is 5.37. The van der Waals surface area contributed by atoms with Gasteiger partial charge in [0.2, 0.25) is 10.0 Å². The number of aliphatic hydroxyl groups is 1. The molecule has 0 saturated heterocycles. The van der Waals surface area contributed by atoms with E-state index in [2.05, 4.69) is 20.8 Å². The van der Waals surface area contributed by atoms with E-state index in [0.717, 1.165) is 6.42 Å². The minimum absolute atomic E-state index is 0.0591. The minimum atomic E-state index is -3.15. The first-order chi connectivity index (χ1) is 8.27. The summed E-state index contributed by atoms with van der Waals surface area (Å²) >= 11 is 0. The van der Waals surface area contributed by atoms with Crippen molar-refractivity contribution in [2.75, 3.05) is 25.4 Å². The summed E-state index contributed by atoms with van der Waals surface area (Å²) in [5, 5.41) is 8.68. The van der Waals surface area contributed by atoms with Gasteiger partial charge in [0.05, 0.1) is 5.75 Å². The molecule has 1 heterocycles. The van der Waals surface area contributed by atoms with E-state index in [-0.39, 0.29) is 17.8 Å². The van der Waals surface area contributed by atoms with Crippen LogP contribution in [0.2, 0.25) is 0 Å². The van der Waals surface area contributed by atoms with Crippen molar-refractivity contribution in [2.24, 2.45) is 5.41 Å². The normalized spacial score (nSPS) is 18.8. The Labute approximate surface area is 111 Å². The Bertz CT molecular complexity index is 393. The lowest BCUT2D eigenvalue weighted by molar-refractivity contribution is 0.286. The predicted molar refractivity (Wildman–Crippen MR) is 73.8 cm³/mol. The summed E-state index contributed by atoms with van der Waals surface area (Å²) in [7, 11) is -3.15. The van der Waals surface area contributed by atoms with Gasteiger partial charge < -0.3 is 5.11 Å². The Morgan fingerprint density at radius 2 is 2.00 bits per heavy atom. The van der Waals surface area contributed by atoms with Crippen molar-refractivity contribution in [3.05, 3.63) is 11.6 Å². The molecule has 18 heavy (non-hydrogen) atoms. The second-order valence-electron chi connectivity index (χ2n) is 5.83. The van der Waals surface area contributed by atoms with Crippen LogP contribution in [0.1, 0.15) is 40.0 Å². The first-order valence-corrected chi connectivity index (χ1v) is 8.16. The number of nitrogens with zero attached hydrogens (tertiary/aromatic N) is 1. The van der Waals surface area contributed by atoms with Crippen LogP contribution in [0, 0.1) is 5.41 Å². The third-order valence-electron chi connectivity index (χ3n) is 3.34. The molecule has 0 spiro atoms. The van der Waals surface area contributed by atoms with Crippen molar-refractivity contribution in [2.45, 2.75) is 40.0 Å². The fourth-order valence-electron chi connectivity index (χ4n) is 2.11. The molecule has 1 N–H and O–H groups in total. The molecule has 5 heteroatoms. The standard InChI is InChI=1S/C13H25NO3S/c1-13(2,3)12-6-8-14(9-7-12)18(16,17)11-5-4-10-15/h6,15H,4-5,7-11H2,1-3H3. The summed E-state index contributed by atoms with van der Waals surface area (Å²) < 4.78 is 25.6. The van der Waals surface area contributed by atoms with Gasteiger partial charge in [-0.05, 0) is 24.7 Å². The molecule has 106 valence electrons. The van der Waals surface area contributed by atoms with Crippen LogP contribution in [0.3, 0.4) is 0 Å². The van der Waals surface area contributed by atoms with Gasteiger partial charge in [-0.1, -0.05) is 32.4 Å². The zero-order valence-electron chi connectivity index (χ0n) is 11.6. The summed E-state index contributed by atoms with van der Waals surface area (Å²) in [5.41, 5.74) is 1.47. The second-order valence-corrected chi connectivity index (χ2v) is 7.92. The average Bonchev–Trinajstić information content (AvgIpc) is 2.28. The number of rotatable bonds is 5. The quantitative estimate of drug-likeness (QED) is 0.614. The van der Waals surface area contributed by atoms with Crippen molar-refractivity contribution in [3.8, 4) is 0 Å². The highest BCUT2D eigenvalue weighted by molar-refractivity contribution is 7.89. The van der Waals surface area contributed by atoms with Gasteiger partial charge in [0, 0.05) is 19.7 Å². The lowest BCUT2D eigenvalue weighted by Gasteiger charge is -2.31. The largest absolute Gasteiger partial charge is 0.396 e. The van der Waals surface area contributed by atoms with Gasteiger partial charge in [-0.2, -0.15) is 4.31 Å². The van der Waals surface area contributed by atoms with Crippen LogP contribution in [0.15, 0.2) is 11.6 Å². The van der Waals surface area contributed by atoms with Gasteiger partial charge in [0.25, 0.3) is 0 Å². The van der Waals surface area contributed by atoms with E-state index in [1.54, 1.807) is 4.31 Å². The third kappa shape index (κ3) is 4.37. The number of hydrogen-bond donors (Lipinski definition) is 1.